The van der Waals surface area contributed by atoms with Gasteiger partial charge in [0, 0.05) is 19.5 Å². The first kappa shape index (κ1) is 13.9. The standard InChI is InChI=1S/C16H20N2S/c1-16(2,3)12-7-9-13-11(10-12)6-8-14(17-13)15(19)18(4)5/h6-10H,1-5H3. The van der Waals surface area contributed by atoms with Crippen molar-refractivity contribution in [3.8, 4) is 0 Å². The van der Waals surface area contributed by atoms with E-state index in [1.54, 1.807) is 0 Å². The number of fused-ring (bicyclic) bond motifs is 1. The van der Waals surface area contributed by atoms with Crippen molar-refractivity contribution in [1.82, 2.24) is 9.88 Å². The number of hydrogen-bond acceptors (Lipinski definition) is 2. The molecule has 0 aliphatic rings. The second-order valence-corrected chi connectivity index (χ2v) is 6.44. The number of benzene rings is 1. The quantitative estimate of drug-likeness (QED) is 0.735. The van der Waals surface area contributed by atoms with Crippen LogP contribution in [0.25, 0.3) is 10.9 Å². The zero-order valence-corrected chi connectivity index (χ0v) is 13.0. The molecule has 0 N–H and O–H groups in total. The molecule has 0 aliphatic heterocycles. The van der Waals surface area contributed by atoms with Gasteiger partial charge in [-0.2, -0.15) is 0 Å². The molecule has 1 aromatic heterocycles. The Balaban J connectivity index is 2.49. The van der Waals surface area contributed by atoms with E-state index < -0.39 is 0 Å². The van der Waals surface area contributed by atoms with Gasteiger partial charge in [0.2, 0.25) is 0 Å². The summed E-state index contributed by atoms with van der Waals surface area (Å²) >= 11 is 5.36. The minimum atomic E-state index is 0.159. The fraction of sp³-hybridized carbons (Fsp3) is 0.375. The number of rotatable bonds is 1. The third-order valence-electron chi connectivity index (χ3n) is 3.18. The fourth-order valence-electron chi connectivity index (χ4n) is 1.94. The van der Waals surface area contributed by atoms with Gasteiger partial charge < -0.3 is 4.90 Å². The number of hydrogen-bond donors (Lipinski definition) is 0. The largest absolute Gasteiger partial charge is 0.367 e. The van der Waals surface area contributed by atoms with Crippen LogP contribution in [0.2, 0.25) is 0 Å². The van der Waals surface area contributed by atoms with Gasteiger partial charge in [0.1, 0.15) is 4.99 Å². The first-order valence-electron chi connectivity index (χ1n) is 6.42. The van der Waals surface area contributed by atoms with Crippen LogP contribution in [0.1, 0.15) is 32.0 Å². The van der Waals surface area contributed by atoms with E-state index in [-0.39, 0.29) is 5.41 Å². The van der Waals surface area contributed by atoms with Gasteiger partial charge in [-0.05, 0) is 29.2 Å². The van der Waals surface area contributed by atoms with Crippen LogP contribution in [0.3, 0.4) is 0 Å². The summed E-state index contributed by atoms with van der Waals surface area (Å²) < 4.78 is 0. The zero-order valence-electron chi connectivity index (χ0n) is 12.2. The second-order valence-electron chi connectivity index (χ2n) is 6.05. The maximum atomic E-state index is 5.36. The maximum Gasteiger partial charge on any atom is 0.127 e. The van der Waals surface area contributed by atoms with Crippen molar-refractivity contribution in [3.63, 3.8) is 0 Å². The van der Waals surface area contributed by atoms with E-state index in [4.69, 9.17) is 12.2 Å². The van der Waals surface area contributed by atoms with E-state index in [1.165, 1.54) is 5.56 Å². The molecule has 2 rings (SSSR count). The molecule has 0 bridgehead atoms. The normalized spacial score (nSPS) is 11.6. The monoisotopic (exact) mass is 272 g/mol. The molecule has 0 saturated carbocycles. The van der Waals surface area contributed by atoms with Gasteiger partial charge in [0.25, 0.3) is 0 Å². The Labute approximate surface area is 120 Å². The fourth-order valence-corrected chi connectivity index (χ4v) is 2.05. The van der Waals surface area contributed by atoms with E-state index in [9.17, 15) is 0 Å². The van der Waals surface area contributed by atoms with Crippen molar-refractivity contribution in [2.45, 2.75) is 26.2 Å². The Bertz CT molecular complexity index is 624. The van der Waals surface area contributed by atoms with Gasteiger partial charge in [-0.3, -0.25) is 0 Å². The van der Waals surface area contributed by atoms with Crippen molar-refractivity contribution in [3.05, 3.63) is 41.6 Å². The average molecular weight is 272 g/mol. The van der Waals surface area contributed by atoms with Crippen LogP contribution < -0.4 is 0 Å². The molecule has 0 atom stereocenters. The van der Waals surface area contributed by atoms with Crippen molar-refractivity contribution < 1.29 is 0 Å². The molecular formula is C16H20N2S. The highest BCUT2D eigenvalue weighted by Gasteiger charge is 2.14. The van der Waals surface area contributed by atoms with Crippen molar-refractivity contribution >= 4 is 28.1 Å². The Morgan fingerprint density at radius 3 is 2.37 bits per heavy atom. The molecule has 1 aromatic carbocycles. The SMILES string of the molecule is CN(C)C(=S)c1ccc2cc(C(C)(C)C)ccc2n1. The van der Waals surface area contributed by atoms with E-state index >= 15 is 0 Å². The minimum absolute atomic E-state index is 0.159. The smallest absolute Gasteiger partial charge is 0.127 e. The van der Waals surface area contributed by atoms with Crippen LogP contribution in [0, 0.1) is 0 Å². The number of thiocarbonyl (C=S) groups is 1. The summed E-state index contributed by atoms with van der Waals surface area (Å²) in [4.78, 5) is 7.31. The highest BCUT2D eigenvalue weighted by molar-refractivity contribution is 7.80. The van der Waals surface area contributed by atoms with Gasteiger partial charge >= 0.3 is 0 Å². The lowest BCUT2D eigenvalue weighted by molar-refractivity contribution is 0.591. The predicted molar refractivity (Wildman–Crippen MR) is 85.8 cm³/mol. The molecule has 0 amide bonds. The van der Waals surface area contributed by atoms with Gasteiger partial charge in [-0.25, -0.2) is 4.98 Å². The number of pyridine rings is 1. The van der Waals surface area contributed by atoms with Crippen LogP contribution in [-0.2, 0) is 5.41 Å². The van der Waals surface area contributed by atoms with Crippen molar-refractivity contribution in [1.29, 1.82) is 0 Å². The van der Waals surface area contributed by atoms with Crippen LogP contribution in [-0.4, -0.2) is 29.0 Å². The van der Waals surface area contributed by atoms with Crippen LogP contribution in [0.5, 0.6) is 0 Å². The Kier molecular flexibility index (Phi) is 3.59. The first-order valence-corrected chi connectivity index (χ1v) is 6.83. The molecular weight excluding hydrogens is 252 g/mol. The lowest BCUT2D eigenvalue weighted by atomic mass is 9.86. The van der Waals surface area contributed by atoms with E-state index in [1.807, 2.05) is 25.1 Å². The summed E-state index contributed by atoms with van der Waals surface area (Å²) in [6, 6.07) is 10.5. The molecule has 0 aliphatic carbocycles. The average Bonchev–Trinajstić information content (AvgIpc) is 2.35. The summed E-state index contributed by atoms with van der Waals surface area (Å²) in [5.41, 5.74) is 3.33. The Morgan fingerprint density at radius 1 is 1.11 bits per heavy atom. The highest BCUT2D eigenvalue weighted by atomic mass is 32.1. The molecule has 19 heavy (non-hydrogen) atoms. The minimum Gasteiger partial charge on any atom is -0.367 e. The van der Waals surface area contributed by atoms with E-state index in [0.717, 1.165) is 21.6 Å². The topological polar surface area (TPSA) is 16.1 Å². The summed E-state index contributed by atoms with van der Waals surface area (Å²) in [6.07, 6.45) is 0. The molecule has 0 spiro atoms. The molecule has 1 heterocycles. The number of aromatic nitrogens is 1. The summed E-state index contributed by atoms with van der Waals surface area (Å²) in [6.45, 7) is 6.66. The zero-order chi connectivity index (χ0) is 14.2. The molecule has 0 fully saturated rings. The van der Waals surface area contributed by atoms with Gasteiger partial charge in [-0.1, -0.05) is 45.1 Å². The molecule has 100 valence electrons. The Morgan fingerprint density at radius 2 is 1.79 bits per heavy atom. The lowest BCUT2D eigenvalue weighted by Gasteiger charge is -2.19. The van der Waals surface area contributed by atoms with Crippen molar-refractivity contribution in [2.24, 2.45) is 0 Å². The predicted octanol–water partition coefficient (Wildman–Crippen LogP) is 3.77. The lowest BCUT2D eigenvalue weighted by Crippen LogP contribution is -2.21. The van der Waals surface area contributed by atoms with Crippen molar-refractivity contribution in [2.75, 3.05) is 14.1 Å². The first-order chi connectivity index (χ1) is 8.79. The molecule has 0 saturated heterocycles. The van der Waals surface area contributed by atoms with Gasteiger partial charge in [0.05, 0.1) is 11.2 Å². The molecule has 2 aromatic rings. The van der Waals surface area contributed by atoms with Crippen LogP contribution in [0.15, 0.2) is 30.3 Å². The summed E-state index contributed by atoms with van der Waals surface area (Å²) in [7, 11) is 3.88. The van der Waals surface area contributed by atoms with Gasteiger partial charge in [-0.15, -0.1) is 0 Å². The van der Waals surface area contributed by atoms with Crippen LogP contribution in [0.4, 0.5) is 0 Å². The third kappa shape index (κ3) is 2.92. The molecule has 0 radical (unpaired) electrons. The summed E-state index contributed by atoms with van der Waals surface area (Å²) in [5, 5.41) is 1.16. The van der Waals surface area contributed by atoms with Gasteiger partial charge in [0.15, 0.2) is 0 Å². The summed E-state index contributed by atoms with van der Waals surface area (Å²) in [5.74, 6) is 0. The van der Waals surface area contributed by atoms with E-state index in [2.05, 4.69) is 50.0 Å². The Hall–Kier alpha value is -1.48. The second kappa shape index (κ2) is 4.89. The third-order valence-corrected chi connectivity index (χ3v) is 3.75. The van der Waals surface area contributed by atoms with Crippen LogP contribution >= 0.6 is 12.2 Å². The number of nitrogens with zero attached hydrogens (tertiary/aromatic N) is 2. The van der Waals surface area contributed by atoms with E-state index in [0.29, 0.717) is 0 Å². The highest BCUT2D eigenvalue weighted by Crippen LogP contribution is 2.25. The molecule has 0 unspecified atom stereocenters. The molecule has 3 heteroatoms. The maximum absolute atomic E-state index is 5.36. The molecule has 2 nitrogen and oxygen atoms in total.